The maximum absolute atomic E-state index is 15.0. The Morgan fingerprint density at radius 3 is 2.51 bits per heavy atom. The third-order valence-electron chi connectivity index (χ3n) is 7.47. The maximum Gasteiger partial charge on any atom is 0.416 e. The van der Waals surface area contributed by atoms with Crippen LogP contribution in [0.5, 0.6) is 0 Å². The third-order valence-corrected chi connectivity index (χ3v) is 8.15. The van der Waals surface area contributed by atoms with Crippen molar-refractivity contribution in [2.75, 3.05) is 0 Å². The Bertz CT molecular complexity index is 1230. The molecule has 2 nitrogen and oxygen atoms in total. The molecule has 1 aromatic carbocycles. The van der Waals surface area contributed by atoms with Crippen molar-refractivity contribution in [1.29, 1.82) is 0 Å². The highest BCUT2D eigenvalue weighted by molar-refractivity contribution is 7.08. The number of thiophene rings is 1. The first-order chi connectivity index (χ1) is 16.5. The van der Waals surface area contributed by atoms with E-state index in [1.165, 1.54) is 6.07 Å². The van der Waals surface area contributed by atoms with Crippen LogP contribution in [0.4, 0.5) is 17.6 Å². The molecule has 1 atom stereocenters. The monoisotopic (exact) mass is 503 g/mol. The number of rotatable bonds is 4. The molecule has 2 heterocycles. The molecule has 1 N–H and O–H groups in total. The van der Waals surface area contributed by atoms with Crippen LogP contribution in [0.1, 0.15) is 91.6 Å². The zero-order valence-electron chi connectivity index (χ0n) is 19.9. The van der Waals surface area contributed by atoms with Crippen molar-refractivity contribution in [3.05, 3.63) is 74.5 Å². The Morgan fingerprint density at radius 2 is 1.89 bits per heavy atom. The molecule has 186 valence electrons. The summed E-state index contributed by atoms with van der Waals surface area (Å²) in [5, 5.41) is 15.3. The first-order valence-corrected chi connectivity index (χ1v) is 13.1. The second-order valence-electron chi connectivity index (χ2n) is 10.7. The lowest BCUT2D eigenvalue weighted by atomic mass is 9.71. The fraction of sp³-hybridized carbons (Fsp3) is 0.464. The van der Waals surface area contributed by atoms with Crippen LogP contribution in [-0.4, -0.2) is 10.1 Å². The van der Waals surface area contributed by atoms with Crippen LogP contribution in [0.15, 0.2) is 35.0 Å². The Hall–Kier alpha value is -2.25. The van der Waals surface area contributed by atoms with Gasteiger partial charge < -0.3 is 5.11 Å². The van der Waals surface area contributed by atoms with E-state index in [0.717, 1.165) is 71.8 Å². The van der Waals surface area contributed by atoms with Crippen molar-refractivity contribution in [3.63, 3.8) is 0 Å². The van der Waals surface area contributed by atoms with E-state index in [-0.39, 0.29) is 23.3 Å². The van der Waals surface area contributed by atoms with E-state index in [4.69, 9.17) is 4.98 Å². The Balaban J connectivity index is 1.72. The molecule has 0 bridgehead atoms. The van der Waals surface area contributed by atoms with Crippen molar-refractivity contribution in [2.45, 2.75) is 77.0 Å². The number of alkyl halides is 3. The molecule has 0 aliphatic heterocycles. The van der Waals surface area contributed by atoms with E-state index in [2.05, 4.69) is 13.8 Å². The van der Waals surface area contributed by atoms with E-state index < -0.39 is 23.7 Å². The standard InChI is InChI=1S/C28H29F4NOS/c1-27(2)13-22-25(23(34)14-27)24(18-9-10-35-15-18)20(26(33-22)16-5-3-4-6-16)11-17-7-8-19(12-21(17)29)28(30,31)32/h7-10,12,15-16,23,34H,3-6,11,13-14H2,1-2H3. The number of nitrogens with zero attached hydrogens (tertiary/aromatic N) is 1. The lowest BCUT2D eigenvalue weighted by Gasteiger charge is -2.37. The van der Waals surface area contributed by atoms with E-state index in [9.17, 15) is 22.7 Å². The summed E-state index contributed by atoms with van der Waals surface area (Å²) in [5.74, 6) is -0.639. The predicted molar refractivity (Wildman–Crippen MR) is 130 cm³/mol. The molecule has 7 heteroatoms. The minimum atomic E-state index is -4.60. The third kappa shape index (κ3) is 4.77. The first kappa shape index (κ1) is 24.4. The molecule has 1 fully saturated rings. The Labute approximate surface area is 207 Å². The number of aliphatic hydroxyl groups excluding tert-OH is 1. The smallest absolute Gasteiger partial charge is 0.388 e. The van der Waals surface area contributed by atoms with Crippen LogP contribution >= 0.6 is 11.3 Å². The highest BCUT2D eigenvalue weighted by atomic mass is 32.1. The second kappa shape index (κ2) is 9.00. The first-order valence-electron chi connectivity index (χ1n) is 12.2. The molecule has 0 saturated heterocycles. The summed E-state index contributed by atoms with van der Waals surface area (Å²) >= 11 is 1.55. The highest BCUT2D eigenvalue weighted by Crippen LogP contribution is 2.48. The average Bonchev–Trinajstić information content (AvgIpc) is 3.47. The molecule has 0 spiro atoms. The van der Waals surface area contributed by atoms with Crippen molar-refractivity contribution in [2.24, 2.45) is 5.41 Å². The second-order valence-corrected chi connectivity index (χ2v) is 11.5. The van der Waals surface area contributed by atoms with Crippen LogP contribution in [0.3, 0.4) is 0 Å². The van der Waals surface area contributed by atoms with Gasteiger partial charge in [-0.15, -0.1) is 0 Å². The zero-order chi connectivity index (χ0) is 25.0. The van der Waals surface area contributed by atoms with E-state index in [0.29, 0.717) is 12.5 Å². The molecule has 1 unspecified atom stereocenters. The lowest BCUT2D eigenvalue weighted by Crippen LogP contribution is -2.28. The van der Waals surface area contributed by atoms with Gasteiger partial charge in [-0.2, -0.15) is 24.5 Å². The van der Waals surface area contributed by atoms with Gasteiger partial charge in [0, 0.05) is 29.3 Å². The summed E-state index contributed by atoms with van der Waals surface area (Å²) < 4.78 is 54.4. The van der Waals surface area contributed by atoms with Gasteiger partial charge >= 0.3 is 6.18 Å². The number of aromatic nitrogens is 1. The van der Waals surface area contributed by atoms with Crippen LogP contribution in [0.2, 0.25) is 0 Å². The van der Waals surface area contributed by atoms with Crippen LogP contribution in [0, 0.1) is 11.2 Å². The van der Waals surface area contributed by atoms with Crippen molar-refractivity contribution in [3.8, 4) is 11.1 Å². The SMILES string of the molecule is CC1(C)Cc2nc(C3CCCC3)c(Cc3ccc(C(F)(F)F)cc3F)c(-c3ccsc3)c2C(O)C1. The number of hydrogen-bond acceptors (Lipinski definition) is 3. The fourth-order valence-corrected chi connectivity index (χ4v) is 6.51. The van der Waals surface area contributed by atoms with E-state index in [1.54, 1.807) is 11.3 Å². The van der Waals surface area contributed by atoms with Crippen LogP contribution in [-0.2, 0) is 19.0 Å². The molecule has 2 aliphatic carbocycles. The summed E-state index contributed by atoms with van der Waals surface area (Å²) in [4.78, 5) is 5.14. The summed E-state index contributed by atoms with van der Waals surface area (Å²) in [6.45, 7) is 4.26. The van der Waals surface area contributed by atoms with Gasteiger partial charge in [-0.1, -0.05) is 32.8 Å². The molecule has 2 aromatic heterocycles. The minimum absolute atomic E-state index is 0.0979. The van der Waals surface area contributed by atoms with Gasteiger partial charge in [0.15, 0.2) is 0 Å². The van der Waals surface area contributed by atoms with Gasteiger partial charge in [0.05, 0.1) is 11.7 Å². The highest BCUT2D eigenvalue weighted by Gasteiger charge is 2.38. The number of pyridine rings is 1. The maximum atomic E-state index is 15.0. The van der Waals surface area contributed by atoms with Crippen molar-refractivity contribution >= 4 is 11.3 Å². The van der Waals surface area contributed by atoms with Gasteiger partial charge in [-0.05, 0) is 82.3 Å². The lowest BCUT2D eigenvalue weighted by molar-refractivity contribution is -0.137. The van der Waals surface area contributed by atoms with Gasteiger partial charge in [0.1, 0.15) is 5.82 Å². The number of aliphatic hydroxyl groups is 1. The predicted octanol–water partition coefficient (Wildman–Crippen LogP) is 8.22. The molecule has 1 saturated carbocycles. The zero-order valence-corrected chi connectivity index (χ0v) is 20.7. The number of halogens is 4. The summed E-state index contributed by atoms with van der Waals surface area (Å²) in [5.41, 5.74) is 4.42. The molecule has 2 aliphatic rings. The van der Waals surface area contributed by atoms with Gasteiger partial charge in [-0.3, -0.25) is 4.98 Å². The number of fused-ring (bicyclic) bond motifs is 1. The summed E-state index contributed by atoms with van der Waals surface area (Å²) in [7, 11) is 0. The van der Waals surface area contributed by atoms with Crippen LogP contribution < -0.4 is 0 Å². The fourth-order valence-electron chi connectivity index (χ4n) is 5.86. The largest absolute Gasteiger partial charge is 0.416 e. The number of benzene rings is 1. The normalized spacial score (nSPS) is 20.3. The Kier molecular flexibility index (Phi) is 6.29. The van der Waals surface area contributed by atoms with Gasteiger partial charge in [0.25, 0.3) is 0 Å². The van der Waals surface area contributed by atoms with Crippen molar-refractivity contribution < 1.29 is 22.7 Å². The van der Waals surface area contributed by atoms with Gasteiger partial charge in [-0.25, -0.2) is 4.39 Å². The van der Waals surface area contributed by atoms with Crippen molar-refractivity contribution in [1.82, 2.24) is 4.98 Å². The quantitative estimate of drug-likeness (QED) is 0.364. The van der Waals surface area contributed by atoms with E-state index in [1.807, 2.05) is 16.8 Å². The molecular weight excluding hydrogens is 474 g/mol. The Morgan fingerprint density at radius 1 is 1.14 bits per heavy atom. The molecule has 3 aromatic rings. The molecular formula is C28H29F4NOS. The van der Waals surface area contributed by atoms with E-state index >= 15 is 0 Å². The summed E-state index contributed by atoms with van der Waals surface area (Å²) in [6, 6.07) is 4.77. The molecule has 0 radical (unpaired) electrons. The average molecular weight is 504 g/mol. The van der Waals surface area contributed by atoms with Crippen LogP contribution in [0.25, 0.3) is 11.1 Å². The molecule has 5 rings (SSSR count). The molecule has 35 heavy (non-hydrogen) atoms. The summed E-state index contributed by atoms with van der Waals surface area (Å²) in [6.07, 6.45) is 0.342. The topological polar surface area (TPSA) is 33.1 Å². The molecule has 0 amide bonds. The number of hydrogen-bond donors (Lipinski definition) is 1. The van der Waals surface area contributed by atoms with Gasteiger partial charge in [0.2, 0.25) is 0 Å². The minimum Gasteiger partial charge on any atom is -0.388 e.